The summed E-state index contributed by atoms with van der Waals surface area (Å²) in [5, 5.41) is 4.43. The molecule has 0 fully saturated rings. The van der Waals surface area contributed by atoms with Crippen molar-refractivity contribution in [1.29, 1.82) is 0 Å². The largest absolute Gasteiger partial charge is 0.179 e. The predicted molar refractivity (Wildman–Crippen MR) is 567 cm³/mol. The second kappa shape index (κ2) is 207. The molecule has 0 atom stereocenters. The zero-order valence-electron chi connectivity index (χ0n) is 66.9. The van der Waals surface area contributed by atoms with E-state index in [4.69, 9.17) is 0 Å². The third-order valence-corrected chi connectivity index (χ3v) is 26.8. The number of hydrogen-bond acceptors (Lipinski definition) is 26. The van der Waals surface area contributed by atoms with E-state index in [-0.39, 0.29) is 0 Å². The van der Waals surface area contributed by atoms with Gasteiger partial charge in [-0.25, -0.2) is 0 Å². The van der Waals surface area contributed by atoms with Crippen molar-refractivity contribution in [3.05, 3.63) is 0 Å². The predicted octanol–water partition coefficient (Wildman–Crippen LogP) is 31.0. The molecule has 0 nitrogen and oxygen atoms in total. The minimum atomic E-state index is 0.966. The molecule has 0 N–H and O–H groups in total. The van der Waals surface area contributed by atoms with Crippen molar-refractivity contribution in [2.75, 3.05) is 220 Å². The molecule has 96 heavy (non-hydrogen) atoms. The molecule has 0 bridgehead atoms. The number of thioether (sulfide) groups is 16. The maximum Gasteiger partial charge on any atom is 0.0389 e. The van der Waals surface area contributed by atoms with Gasteiger partial charge in [-0.3, -0.25) is 0 Å². The van der Waals surface area contributed by atoms with Gasteiger partial charge in [-0.1, -0.05) is 135 Å². The standard InChI is InChI=1S/6C5H12S.10C4H10S2/c2*1-3-4-5-6-2;2*1-3-5-6-4-2;2*1-2-3-4-5-6;1-5-3-4-6-2;2*1-6-4-2-3-5;2*1-3-6-4-5-2;2*1-2-6-4-3-5;2*1-2-3-6-4-5;5-3-1-2-4-6/h4*3-5H2,1-2H3;2*6H,2-5H2,1H3;3-4H2,1-2H3;2*5H,2-4H2,1H3;2*3-4H2,1-2H3;4*5H,2-4H2,1H3;5-6H,1-4H2. The van der Waals surface area contributed by atoms with Crippen LogP contribution in [0.25, 0.3) is 0 Å². The minimum Gasteiger partial charge on any atom is -0.179 e. The van der Waals surface area contributed by atoms with Gasteiger partial charge in [0.1, 0.15) is 0 Å². The average molecular weight is 1850 g/mol. The van der Waals surface area contributed by atoms with Crippen LogP contribution in [0, 0.1) is 0 Å². The van der Waals surface area contributed by atoms with Crippen LogP contribution >= 0.6 is 314 Å². The van der Waals surface area contributed by atoms with Crippen LogP contribution in [-0.2, 0) is 0 Å². The number of hydrogen-bond donors (Lipinski definition) is 10. The van der Waals surface area contributed by atoms with E-state index in [1.165, 1.54) is 229 Å². The van der Waals surface area contributed by atoms with E-state index in [0.717, 1.165) is 56.2 Å². The summed E-state index contributed by atoms with van der Waals surface area (Å²) in [7, 11) is 0. The Morgan fingerprint density at radius 2 is 0.375 bits per heavy atom. The fourth-order valence-electron chi connectivity index (χ4n) is 3.86. The molecule has 0 aliphatic carbocycles. The second-order valence-electron chi connectivity index (χ2n) is 17.9. The summed E-state index contributed by atoms with van der Waals surface area (Å²) in [4.78, 5) is 0. The smallest absolute Gasteiger partial charge is 0.0389 e. The molecule has 0 aromatic heterocycles. The molecule has 0 saturated heterocycles. The van der Waals surface area contributed by atoms with Gasteiger partial charge >= 0.3 is 0 Å². The summed E-state index contributed by atoms with van der Waals surface area (Å²) in [6.45, 7) is 30.7. The molecular formula is C70H172S26. The Bertz CT molecular complexity index is 529. The molecule has 0 aromatic carbocycles. The average Bonchev–Trinajstić information content (AvgIpc) is 3.62. The van der Waals surface area contributed by atoms with Crippen molar-refractivity contribution >= 4 is 314 Å². The van der Waals surface area contributed by atoms with E-state index in [1.807, 2.05) is 188 Å². The monoisotopic (exact) mass is 1840 g/mol. The van der Waals surface area contributed by atoms with Crippen molar-refractivity contribution < 1.29 is 0 Å². The first kappa shape index (κ1) is 143. The van der Waals surface area contributed by atoms with Crippen molar-refractivity contribution in [3.63, 3.8) is 0 Å². The van der Waals surface area contributed by atoms with Gasteiger partial charge in [0.05, 0.1) is 0 Å². The summed E-state index contributed by atoms with van der Waals surface area (Å²) in [5.41, 5.74) is 0. The summed E-state index contributed by atoms with van der Waals surface area (Å²) in [6.07, 6.45) is 40.4. The molecule has 0 spiro atoms. The molecular weight excluding hydrogens is 1670 g/mol. The highest BCUT2D eigenvalue weighted by atomic mass is 32.2. The first-order chi connectivity index (χ1) is 46.6. The third-order valence-electron chi connectivity index (χ3n) is 8.67. The van der Waals surface area contributed by atoms with Crippen molar-refractivity contribution in [2.24, 2.45) is 0 Å². The molecule has 26 heteroatoms. The molecule has 0 unspecified atom stereocenters. The fourth-order valence-corrected chi connectivity index (χ4v) is 15.9. The van der Waals surface area contributed by atoms with Gasteiger partial charge in [0.15, 0.2) is 0 Å². The van der Waals surface area contributed by atoms with E-state index >= 15 is 0 Å². The third kappa shape index (κ3) is 330. The molecule has 0 amide bonds. The lowest BCUT2D eigenvalue weighted by atomic mass is 10.3. The SMILES string of the molecule is CCCCCS.CCCCCS.CCCCSC.CCCCSC.CCCSCC.CCCSCC.CCCSCS.CCCSCS.CCSCCS.CCSCCS.CCSCSC.CCSCSC.CSCCCS.CSCCCS.CSCCSC.SCCCCS. The topological polar surface area (TPSA) is 0 Å². The van der Waals surface area contributed by atoms with Crippen LogP contribution in [-0.4, -0.2) is 220 Å². The zero-order chi connectivity index (χ0) is 77.3. The Morgan fingerprint density at radius 1 is 0.167 bits per heavy atom. The van der Waals surface area contributed by atoms with E-state index < -0.39 is 0 Å². The van der Waals surface area contributed by atoms with E-state index in [1.54, 1.807) is 0 Å². The molecule has 0 saturated carbocycles. The van der Waals surface area contributed by atoms with Gasteiger partial charge in [0, 0.05) is 43.4 Å². The van der Waals surface area contributed by atoms with E-state index in [9.17, 15) is 0 Å². The lowest BCUT2D eigenvalue weighted by molar-refractivity contribution is 0.780. The Balaban J connectivity index is -0.0000000508. The maximum absolute atomic E-state index is 4.05. The molecule has 608 valence electrons. The summed E-state index contributed by atoms with van der Waals surface area (Å²) >= 11 is 71.1. The quantitative estimate of drug-likeness (QED) is 0.0160. The highest BCUT2D eigenvalue weighted by molar-refractivity contribution is 8.16. The summed E-state index contributed by atoms with van der Waals surface area (Å²) < 4.78 is 0. The van der Waals surface area contributed by atoms with Crippen LogP contribution in [0.5, 0.6) is 0 Å². The lowest BCUT2D eigenvalue weighted by Gasteiger charge is -1.87. The number of rotatable bonds is 48. The summed E-state index contributed by atoms with van der Waals surface area (Å²) in [5.74, 6) is 31.0. The number of thiol groups is 10. The van der Waals surface area contributed by atoms with Gasteiger partial charge in [0.25, 0.3) is 0 Å². The Labute approximate surface area is 737 Å². The maximum atomic E-state index is 4.05. The fraction of sp³-hybridized carbons (Fsp3) is 1.00. The van der Waals surface area contributed by atoms with Gasteiger partial charge in [0.2, 0.25) is 0 Å². The van der Waals surface area contributed by atoms with Crippen LogP contribution in [0.4, 0.5) is 0 Å². The normalized spacial score (nSPS) is 9.00. The minimum absolute atomic E-state index is 0.966. The molecule has 0 aromatic rings. The first-order valence-electron chi connectivity index (χ1n) is 35.3. The Morgan fingerprint density at radius 3 is 0.469 bits per heavy atom. The molecule has 0 aliphatic rings. The van der Waals surface area contributed by atoms with E-state index in [2.05, 4.69) is 273 Å². The number of unbranched alkanes of at least 4 members (excludes halogenated alkanes) is 7. The van der Waals surface area contributed by atoms with Gasteiger partial charge in [-0.05, 0) is 254 Å². The van der Waals surface area contributed by atoms with Gasteiger partial charge in [-0.2, -0.15) is 314 Å². The lowest BCUT2D eigenvalue weighted by Crippen LogP contribution is -1.77. The molecule has 0 rings (SSSR count). The van der Waals surface area contributed by atoms with Crippen LogP contribution in [0.1, 0.15) is 213 Å². The van der Waals surface area contributed by atoms with Crippen LogP contribution in [0.3, 0.4) is 0 Å². The van der Waals surface area contributed by atoms with Crippen molar-refractivity contribution in [1.82, 2.24) is 0 Å². The van der Waals surface area contributed by atoms with E-state index in [0.29, 0.717) is 0 Å². The molecule has 0 aliphatic heterocycles. The second-order valence-corrected chi connectivity index (χ2v) is 41.7. The molecule has 0 heterocycles. The van der Waals surface area contributed by atoms with Crippen LogP contribution in [0.15, 0.2) is 0 Å². The van der Waals surface area contributed by atoms with Crippen LogP contribution < -0.4 is 0 Å². The zero-order valence-corrected chi connectivity index (χ0v) is 89.0. The highest BCUT2D eigenvalue weighted by Gasteiger charge is 1.83. The summed E-state index contributed by atoms with van der Waals surface area (Å²) in [6, 6.07) is 0. The van der Waals surface area contributed by atoms with Crippen molar-refractivity contribution in [2.45, 2.75) is 213 Å². The van der Waals surface area contributed by atoms with Crippen LogP contribution in [0.2, 0.25) is 0 Å². The Kier molecular flexibility index (Phi) is 309. The first-order valence-corrected chi connectivity index (χ1v) is 62.0. The van der Waals surface area contributed by atoms with Crippen molar-refractivity contribution in [3.8, 4) is 0 Å². The highest BCUT2D eigenvalue weighted by Crippen LogP contribution is 2.08. The van der Waals surface area contributed by atoms with Gasteiger partial charge in [-0.15, -0.1) is 0 Å². The Hall–Kier alpha value is 9.10. The van der Waals surface area contributed by atoms with Gasteiger partial charge < -0.3 is 0 Å². The molecule has 0 radical (unpaired) electrons.